The van der Waals surface area contributed by atoms with Crippen molar-refractivity contribution in [1.29, 1.82) is 0 Å². The Kier molecular flexibility index (Phi) is 6.21. The Morgan fingerprint density at radius 3 is 2.86 bits per heavy atom. The lowest BCUT2D eigenvalue weighted by atomic mass is 10.2. The number of aromatic nitrogens is 1. The van der Waals surface area contributed by atoms with Crippen LogP contribution < -0.4 is 5.32 Å². The third kappa shape index (κ3) is 4.99. The second kappa shape index (κ2) is 8.14. The molecule has 1 N–H and O–H groups in total. The maximum Gasteiger partial charge on any atom is 0.232 e. The zero-order valence-corrected chi connectivity index (χ0v) is 13.8. The number of thiazole rings is 1. The molecule has 1 amide bonds. The Morgan fingerprint density at radius 1 is 1.41 bits per heavy atom. The molecule has 118 valence electrons. The van der Waals surface area contributed by atoms with Gasteiger partial charge in [0.1, 0.15) is 11.6 Å². The Balaban J connectivity index is 1.79. The fourth-order valence-corrected chi connectivity index (χ4v) is 3.65. The van der Waals surface area contributed by atoms with Gasteiger partial charge in [0.25, 0.3) is 0 Å². The summed E-state index contributed by atoms with van der Waals surface area (Å²) in [5.74, 6) is -0.553. The average molecular weight is 340 g/mol. The van der Waals surface area contributed by atoms with Crippen LogP contribution >= 0.6 is 11.3 Å². The van der Waals surface area contributed by atoms with Crippen molar-refractivity contribution in [3.63, 3.8) is 0 Å². The van der Waals surface area contributed by atoms with Gasteiger partial charge in [-0.2, -0.15) is 0 Å². The summed E-state index contributed by atoms with van der Waals surface area (Å²) in [5, 5.41) is 5.45. The zero-order chi connectivity index (χ0) is 15.9. The predicted molar refractivity (Wildman–Crippen MR) is 86.5 cm³/mol. The van der Waals surface area contributed by atoms with E-state index in [1.807, 2.05) is 12.3 Å². The molecule has 1 aromatic heterocycles. The monoisotopic (exact) mass is 340 g/mol. The minimum atomic E-state index is -1.31. The smallest absolute Gasteiger partial charge is 0.232 e. The van der Waals surface area contributed by atoms with E-state index in [9.17, 15) is 13.4 Å². The van der Waals surface area contributed by atoms with Gasteiger partial charge in [-0.1, -0.05) is 25.1 Å². The topological polar surface area (TPSA) is 59.1 Å². The number of benzene rings is 1. The molecule has 2 rings (SSSR count). The van der Waals surface area contributed by atoms with Gasteiger partial charge in [-0.25, -0.2) is 9.37 Å². The number of aryl methyl sites for hydroxylation is 1. The van der Waals surface area contributed by atoms with Crippen molar-refractivity contribution in [3.05, 3.63) is 51.7 Å². The number of nitrogens with one attached hydrogen (secondary N) is 1. The molecule has 0 aliphatic heterocycles. The standard InChI is InChI=1S/C15H17FN2O2S2/c1-2-15-18-12(8-21-15)9-22(20)10-14(19)17-7-11-5-3-4-6-13(11)16/h3-6,8H,2,7,9-10H2,1H3,(H,17,19)/t22-/m1/s1. The molecule has 22 heavy (non-hydrogen) atoms. The zero-order valence-electron chi connectivity index (χ0n) is 12.2. The number of halogens is 1. The van der Waals surface area contributed by atoms with Gasteiger partial charge in [0.15, 0.2) is 0 Å². The molecule has 0 spiro atoms. The molecule has 0 bridgehead atoms. The van der Waals surface area contributed by atoms with E-state index < -0.39 is 10.8 Å². The molecule has 0 saturated carbocycles. The number of carbonyl (C=O) groups excluding carboxylic acids is 1. The van der Waals surface area contributed by atoms with Gasteiger partial charge in [-0.15, -0.1) is 11.3 Å². The van der Waals surface area contributed by atoms with Crippen LogP contribution in [-0.4, -0.2) is 20.9 Å². The largest absolute Gasteiger partial charge is 0.351 e. The molecule has 0 saturated heterocycles. The predicted octanol–water partition coefficient (Wildman–Crippen LogP) is 2.41. The number of nitrogens with zero attached hydrogens (tertiary/aromatic N) is 1. The Hall–Kier alpha value is -1.60. The van der Waals surface area contributed by atoms with Gasteiger partial charge in [0.05, 0.1) is 16.5 Å². The second-order valence-electron chi connectivity index (χ2n) is 4.68. The lowest BCUT2D eigenvalue weighted by molar-refractivity contribution is -0.118. The summed E-state index contributed by atoms with van der Waals surface area (Å²) in [6.45, 7) is 2.11. The summed E-state index contributed by atoms with van der Waals surface area (Å²) in [6, 6.07) is 6.24. The fourth-order valence-electron chi connectivity index (χ4n) is 1.83. The van der Waals surface area contributed by atoms with Crippen molar-refractivity contribution in [3.8, 4) is 0 Å². The molecule has 0 radical (unpaired) electrons. The van der Waals surface area contributed by atoms with Crippen LogP contribution in [0, 0.1) is 5.82 Å². The molecule has 0 aliphatic rings. The van der Waals surface area contributed by atoms with Crippen molar-refractivity contribution in [2.45, 2.75) is 25.6 Å². The quantitative estimate of drug-likeness (QED) is 0.842. The van der Waals surface area contributed by atoms with Crippen LogP contribution in [0.25, 0.3) is 0 Å². The summed E-state index contributed by atoms with van der Waals surface area (Å²) in [7, 11) is -1.31. The minimum Gasteiger partial charge on any atom is -0.351 e. The highest BCUT2D eigenvalue weighted by atomic mass is 32.2. The van der Waals surface area contributed by atoms with Crippen molar-refractivity contribution >= 4 is 28.0 Å². The van der Waals surface area contributed by atoms with Crippen molar-refractivity contribution in [2.24, 2.45) is 0 Å². The van der Waals surface area contributed by atoms with Gasteiger partial charge in [0.2, 0.25) is 5.91 Å². The molecule has 2 aromatic rings. The number of rotatable bonds is 7. The third-order valence-electron chi connectivity index (χ3n) is 2.94. The van der Waals surface area contributed by atoms with Crippen LogP contribution in [0.2, 0.25) is 0 Å². The molecule has 0 fully saturated rings. The Labute approximate surface area is 135 Å². The van der Waals surface area contributed by atoms with Crippen LogP contribution in [0.3, 0.4) is 0 Å². The van der Waals surface area contributed by atoms with Crippen LogP contribution in [0.1, 0.15) is 23.2 Å². The van der Waals surface area contributed by atoms with Crippen molar-refractivity contribution in [2.75, 3.05) is 5.75 Å². The van der Waals surface area contributed by atoms with E-state index in [0.717, 1.165) is 17.1 Å². The van der Waals surface area contributed by atoms with Crippen LogP contribution in [-0.2, 0) is 34.3 Å². The van der Waals surface area contributed by atoms with E-state index in [0.29, 0.717) is 5.56 Å². The van der Waals surface area contributed by atoms with Crippen molar-refractivity contribution < 1.29 is 13.4 Å². The fraction of sp³-hybridized carbons (Fsp3) is 0.333. The molecule has 0 unspecified atom stereocenters. The normalized spacial score (nSPS) is 12.1. The SMILES string of the molecule is CCc1nc(C[S@@](=O)CC(=O)NCc2ccccc2F)cs1. The summed E-state index contributed by atoms with van der Waals surface area (Å²) >= 11 is 1.53. The molecule has 1 atom stereocenters. The molecule has 1 aromatic carbocycles. The third-order valence-corrected chi connectivity index (χ3v) is 5.18. The van der Waals surface area contributed by atoms with Gasteiger partial charge < -0.3 is 5.32 Å². The number of hydrogen-bond acceptors (Lipinski definition) is 4. The number of amides is 1. The summed E-state index contributed by atoms with van der Waals surface area (Å²) in [5.41, 5.74) is 1.16. The first kappa shape index (κ1) is 16.8. The maximum absolute atomic E-state index is 13.4. The van der Waals surface area contributed by atoms with E-state index >= 15 is 0 Å². The molecule has 4 nitrogen and oxygen atoms in total. The number of carbonyl (C=O) groups is 1. The Morgan fingerprint density at radius 2 is 2.18 bits per heavy atom. The second-order valence-corrected chi connectivity index (χ2v) is 7.08. The van der Waals surface area contributed by atoms with Gasteiger partial charge in [-0.05, 0) is 12.5 Å². The summed E-state index contributed by atoms with van der Waals surface area (Å²) < 4.78 is 25.3. The lowest BCUT2D eigenvalue weighted by Crippen LogP contribution is -2.28. The van der Waals surface area contributed by atoms with E-state index in [1.165, 1.54) is 17.4 Å². The first-order valence-electron chi connectivity index (χ1n) is 6.87. The highest BCUT2D eigenvalue weighted by Crippen LogP contribution is 2.12. The van der Waals surface area contributed by atoms with Gasteiger partial charge >= 0.3 is 0 Å². The Bertz CT molecular complexity index is 673. The van der Waals surface area contributed by atoms with Crippen LogP contribution in [0.15, 0.2) is 29.6 Å². The molecule has 0 aliphatic carbocycles. The van der Waals surface area contributed by atoms with Crippen molar-refractivity contribution in [1.82, 2.24) is 10.3 Å². The van der Waals surface area contributed by atoms with E-state index in [4.69, 9.17) is 0 Å². The first-order chi connectivity index (χ1) is 10.6. The molecular formula is C15H17FN2O2S2. The highest BCUT2D eigenvalue weighted by Gasteiger charge is 2.11. The van der Waals surface area contributed by atoms with E-state index in [-0.39, 0.29) is 29.8 Å². The number of hydrogen-bond donors (Lipinski definition) is 1. The molecule has 7 heteroatoms. The molecular weight excluding hydrogens is 323 g/mol. The minimum absolute atomic E-state index is 0.0966. The van der Waals surface area contributed by atoms with Crippen LogP contribution in [0.5, 0.6) is 0 Å². The first-order valence-corrected chi connectivity index (χ1v) is 9.23. The summed E-state index contributed by atoms with van der Waals surface area (Å²) in [6.07, 6.45) is 0.848. The maximum atomic E-state index is 13.4. The van der Waals surface area contributed by atoms with Crippen LogP contribution in [0.4, 0.5) is 4.39 Å². The highest BCUT2D eigenvalue weighted by molar-refractivity contribution is 7.84. The van der Waals surface area contributed by atoms with E-state index in [1.54, 1.807) is 18.2 Å². The molecule has 1 heterocycles. The summed E-state index contributed by atoms with van der Waals surface area (Å²) in [4.78, 5) is 16.1. The average Bonchev–Trinajstić information content (AvgIpc) is 2.93. The lowest BCUT2D eigenvalue weighted by Gasteiger charge is -2.06. The van der Waals surface area contributed by atoms with Gasteiger partial charge in [-0.3, -0.25) is 9.00 Å². The van der Waals surface area contributed by atoms with Gasteiger partial charge in [0, 0.05) is 28.3 Å². The van der Waals surface area contributed by atoms with E-state index in [2.05, 4.69) is 10.3 Å².